The van der Waals surface area contributed by atoms with Crippen LogP contribution in [0, 0.1) is 40.4 Å². The molecule has 0 radical (unpaired) electrons. The molecule has 11 atom stereocenters. The lowest BCUT2D eigenvalue weighted by molar-refractivity contribution is -0.246. The lowest BCUT2D eigenvalue weighted by Gasteiger charge is -2.66. The highest BCUT2D eigenvalue weighted by molar-refractivity contribution is 6.74. The molecule has 35 heavy (non-hydrogen) atoms. The van der Waals surface area contributed by atoms with Crippen LogP contribution in [0.2, 0.25) is 18.1 Å². The van der Waals surface area contributed by atoms with E-state index in [4.69, 9.17) is 13.9 Å². The van der Waals surface area contributed by atoms with Gasteiger partial charge < -0.3 is 19.0 Å². The second kappa shape index (κ2) is 7.80. The predicted molar refractivity (Wildman–Crippen MR) is 144 cm³/mol. The topological polar surface area (TPSA) is 47.9 Å². The van der Waals surface area contributed by atoms with Gasteiger partial charge in [-0.05, 0) is 112 Å². The van der Waals surface area contributed by atoms with Crippen molar-refractivity contribution >= 4 is 8.32 Å². The zero-order valence-corrected chi connectivity index (χ0v) is 25.5. The SMILES string of the molecule is C[C@H]1CC[C@]2(C)C3CC[C@@]4(C)C(CC[C@@H]4O[Si](C)(C)C(C)(C)C)C3[C@H]3OC(C)(C)O[C@@H]3C2[C@@]1(C)O. The molecule has 202 valence electrons. The standard InChI is InChI=1S/C30H54O4Si/c1-18-14-16-29(8)20-15-17-28(7)19(12-13-21(28)34-35(10,11)26(2,3)4)22(20)23-24(25(29)30(18,9)31)33-27(5,6)32-23/h18-25,31H,12-17H2,1-11H3/t18-,19?,20?,21-,22?,23+,24-,25?,28-,29+,30-/m0/s1. The number of rotatable bonds is 2. The third-order valence-corrected chi connectivity index (χ3v) is 17.1. The first-order valence-corrected chi connectivity index (χ1v) is 17.5. The molecule has 4 unspecified atom stereocenters. The van der Waals surface area contributed by atoms with Gasteiger partial charge in [0.2, 0.25) is 0 Å². The van der Waals surface area contributed by atoms with E-state index in [-0.39, 0.29) is 39.9 Å². The monoisotopic (exact) mass is 506 g/mol. The Morgan fingerprint density at radius 1 is 0.829 bits per heavy atom. The number of fused-ring (bicyclic) bond motifs is 8. The number of hydrogen-bond acceptors (Lipinski definition) is 4. The molecule has 1 heterocycles. The number of ether oxygens (including phenoxy) is 2. The first-order chi connectivity index (χ1) is 15.9. The lowest BCUT2D eigenvalue weighted by atomic mass is 9.41. The summed E-state index contributed by atoms with van der Waals surface area (Å²) < 4.78 is 20.7. The summed E-state index contributed by atoms with van der Waals surface area (Å²) in [7, 11) is -1.84. The summed E-state index contributed by atoms with van der Waals surface area (Å²) in [6.45, 7) is 25.5. The summed E-state index contributed by atoms with van der Waals surface area (Å²) >= 11 is 0. The van der Waals surface area contributed by atoms with E-state index < -0.39 is 19.7 Å². The molecule has 1 N–H and O–H groups in total. The molecule has 1 saturated heterocycles. The second-order valence-corrected chi connectivity index (χ2v) is 20.7. The highest BCUT2D eigenvalue weighted by atomic mass is 28.4. The molecule has 0 aromatic heterocycles. The Kier molecular flexibility index (Phi) is 5.94. The van der Waals surface area contributed by atoms with Crippen molar-refractivity contribution in [2.24, 2.45) is 40.4 Å². The van der Waals surface area contributed by atoms with Gasteiger partial charge in [-0.1, -0.05) is 41.5 Å². The van der Waals surface area contributed by atoms with Crippen LogP contribution in [0.5, 0.6) is 0 Å². The van der Waals surface area contributed by atoms with Crippen LogP contribution < -0.4 is 0 Å². The minimum atomic E-state index is -1.84. The van der Waals surface area contributed by atoms with Crippen molar-refractivity contribution in [2.45, 2.75) is 149 Å². The van der Waals surface area contributed by atoms with Crippen LogP contribution in [0.15, 0.2) is 0 Å². The molecule has 1 aliphatic heterocycles. The first kappa shape index (κ1) is 26.7. The Balaban J connectivity index is 1.53. The fourth-order valence-corrected chi connectivity index (χ4v) is 11.0. The van der Waals surface area contributed by atoms with Gasteiger partial charge in [0.15, 0.2) is 14.1 Å². The van der Waals surface area contributed by atoms with Crippen molar-refractivity contribution in [3.05, 3.63) is 0 Å². The minimum absolute atomic E-state index is 0.0308. The van der Waals surface area contributed by atoms with Gasteiger partial charge >= 0.3 is 0 Å². The molecule has 5 fully saturated rings. The van der Waals surface area contributed by atoms with E-state index in [0.29, 0.717) is 23.9 Å². The first-order valence-electron chi connectivity index (χ1n) is 14.6. The Morgan fingerprint density at radius 3 is 2.03 bits per heavy atom. The normalized spacial score (nSPS) is 53.5. The fourth-order valence-electron chi connectivity index (χ4n) is 9.55. The summed E-state index contributed by atoms with van der Waals surface area (Å²) in [5, 5.41) is 12.2. The largest absolute Gasteiger partial charge is 0.413 e. The van der Waals surface area contributed by atoms with Gasteiger partial charge in [-0.15, -0.1) is 0 Å². The maximum absolute atomic E-state index is 11.9. The summed E-state index contributed by atoms with van der Waals surface area (Å²) in [5.41, 5.74) is -0.439. The molecule has 4 aliphatic carbocycles. The molecule has 0 amide bonds. The van der Waals surface area contributed by atoms with Crippen LogP contribution in [0.25, 0.3) is 0 Å². The van der Waals surface area contributed by atoms with E-state index in [1.54, 1.807) is 0 Å². The van der Waals surface area contributed by atoms with Crippen LogP contribution in [0.3, 0.4) is 0 Å². The third kappa shape index (κ3) is 3.72. The average Bonchev–Trinajstić information content (AvgIpc) is 3.19. The van der Waals surface area contributed by atoms with Crippen LogP contribution in [0.1, 0.15) is 101 Å². The van der Waals surface area contributed by atoms with Gasteiger partial charge in [0.25, 0.3) is 0 Å². The van der Waals surface area contributed by atoms with E-state index >= 15 is 0 Å². The number of hydrogen-bond donors (Lipinski definition) is 1. The summed E-state index contributed by atoms with van der Waals surface area (Å²) in [4.78, 5) is 0. The molecule has 0 spiro atoms. The van der Waals surface area contributed by atoms with E-state index in [2.05, 4.69) is 75.4 Å². The third-order valence-electron chi connectivity index (χ3n) is 12.7. The summed E-state index contributed by atoms with van der Waals surface area (Å²) in [6, 6.07) is 0. The zero-order chi connectivity index (χ0) is 26.0. The quantitative estimate of drug-likeness (QED) is 0.404. The fraction of sp³-hybridized carbons (Fsp3) is 1.00. The summed E-state index contributed by atoms with van der Waals surface area (Å²) in [6.07, 6.45) is 7.55. The lowest BCUT2D eigenvalue weighted by Crippen LogP contribution is -2.69. The Bertz CT molecular complexity index is 846. The highest BCUT2D eigenvalue weighted by Gasteiger charge is 2.72. The second-order valence-electron chi connectivity index (χ2n) is 16.0. The Hall–Kier alpha value is 0.0569. The maximum atomic E-state index is 11.9. The molecule has 0 aromatic rings. The van der Waals surface area contributed by atoms with Crippen molar-refractivity contribution in [3.8, 4) is 0 Å². The molecule has 5 aliphatic rings. The number of aliphatic hydroxyl groups is 1. The van der Waals surface area contributed by atoms with Crippen molar-refractivity contribution in [2.75, 3.05) is 0 Å². The molecule has 4 saturated carbocycles. The van der Waals surface area contributed by atoms with E-state index in [1.807, 2.05) is 0 Å². The van der Waals surface area contributed by atoms with Gasteiger partial charge in [-0.25, -0.2) is 0 Å². The smallest absolute Gasteiger partial charge is 0.192 e. The minimum Gasteiger partial charge on any atom is -0.413 e. The van der Waals surface area contributed by atoms with Crippen molar-refractivity contribution in [3.63, 3.8) is 0 Å². The Labute approximate surface area is 216 Å². The molecule has 0 bridgehead atoms. The maximum Gasteiger partial charge on any atom is 0.192 e. The van der Waals surface area contributed by atoms with Crippen molar-refractivity contribution < 1.29 is 19.0 Å². The molecule has 5 heteroatoms. The molecule has 4 nitrogen and oxygen atoms in total. The Morgan fingerprint density at radius 2 is 1.40 bits per heavy atom. The average molecular weight is 507 g/mol. The predicted octanol–water partition coefficient (Wildman–Crippen LogP) is 7.16. The van der Waals surface area contributed by atoms with Crippen molar-refractivity contribution in [1.82, 2.24) is 0 Å². The van der Waals surface area contributed by atoms with Crippen molar-refractivity contribution in [1.29, 1.82) is 0 Å². The van der Waals surface area contributed by atoms with Gasteiger partial charge in [0, 0.05) is 5.92 Å². The highest BCUT2D eigenvalue weighted by Crippen LogP contribution is 2.70. The molecular formula is C30H54O4Si. The molecule has 0 aromatic carbocycles. The summed E-state index contributed by atoms with van der Waals surface area (Å²) in [5.74, 6) is 1.48. The van der Waals surface area contributed by atoms with Crippen LogP contribution in [-0.4, -0.2) is 43.1 Å². The molecular weight excluding hydrogens is 452 g/mol. The van der Waals surface area contributed by atoms with Gasteiger partial charge in [-0.3, -0.25) is 0 Å². The molecule has 5 rings (SSSR count). The van der Waals surface area contributed by atoms with Crippen LogP contribution >= 0.6 is 0 Å². The van der Waals surface area contributed by atoms with Gasteiger partial charge in [0.1, 0.15) is 0 Å². The van der Waals surface area contributed by atoms with E-state index in [1.165, 1.54) is 32.1 Å². The zero-order valence-electron chi connectivity index (χ0n) is 24.5. The van der Waals surface area contributed by atoms with Gasteiger partial charge in [0.05, 0.1) is 23.9 Å². The van der Waals surface area contributed by atoms with Crippen LogP contribution in [-0.2, 0) is 13.9 Å². The van der Waals surface area contributed by atoms with E-state index in [0.717, 1.165) is 6.42 Å². The van der Waals surface area contributed by atoms with Crippen LogP contribution in [0.4, 0.5) is 0 Å². The van der Waals surface area contributed by atoms with Gasteiger partial charge in [-0.2, -0.15) is 0 Å². The van der Waals surface area contributed by atoms with E-state index in [9.17, 15) is 5.11 Å².